The summed E-state index contributed by atoms with van der Waals surface area (Å²) in [5.41, 5.74) is 2.58. The summed E-state index contributed by atoms with van der Waals surface area (Å²) < 4.78 is 11.4. The lowest BCUT2D eigenvalue weighted by molar-refractivity contribution is -0.0265. The average Bonchev–Trinajstić information content (AvgIpc) is 2.81. The van der Waals surface area contributed by atoms with Gasteiger partial charge in [0.2, 0.25) is 0 Å². The minimum atomic E-state index is 0. The zero-order valence-corrected chi connectivity index (χ0v) is 22.5. The number of aliphatic imine (C=N–C) groups is 1. The number of methoxy groups -OCH3 is 1. The Bertz CT molecular complexity index is 662. The number of piperidine rings is 1. The number of hydrogen-bond acceptors (Lipinski definition) is 4. The Kier molecular flexibility index (Phi) is 12.9. The maximum atomic E-state index is 6.19. The molecular formula is C25H43IN4O2. The summed E-state index contributed by atoms with van der Waals surface area (Å²) in [6.45, 7) is 12.0. The smallest absolute Gasteiger partial charge is 0.191 e. The number of aryl methyl sites for hydroxylation is 1. The molecule has 2 atom stereocenters. The molecule has 0 aromatic heterocycles. The third kappa shape index (κ3) is 8.80. The molecule has 2 fully saturated rings. The third-order valence-corrected chi connectivity index (χ3v) is 6.55. The SMILES string of the molecule is CCNC(=NCC1CCN(CCOC)CC1)NCC1CCCOC1c1ccc(C)cc1.I. The van der Waals surface area contributed by atoms with Crippen LogP contribution in [0.5, 0.6) is 0 Å². The maximum absolute atomic E-state index is 6.19. The molecule has 2 unspecified atom stereocenters. The average molecular weight is 559 g/mol. The van der Waals surface area contributed by atoms with Gasteiger partial charge in [-0.15, -0.1) is 24.0 Å². The number of nitrogens with zero attached hydrogens (tertiary/aromatic N) is 2. The van der Waals surface area contributed by atoms with Crippen LogP contribution >= 0.6 is 24.0 Å². The molecule has 7 heteroatoms. The highest BCUT2D eigenvalue weighted by Crippen LogP contribution is 2.33. The normalized spacial score (nSPS) is 22.9. The van der Waals surface area contributed by atoms with Gasteiger partial charge < -0.3 is 25.0 Å². The van der Waals surface area contributed by atoms with Crippen molar-refractivity contribution >= 4 is 29.9 Å². The monoisotopic (exact) mass is 558 g/mol. The molecule has 182 valence electrons. The van der Waals surface area contributed by atoms with E-state index < -0.39 is 0 Å². The Morgan fingerprint density at radius 3 is 2.59 bits per heavy atom. The van der Waals surface area contributed by atoms with Crippen LogP contribution in [0.3, 0.4) is 0 Å². The first kappa shape index (κ1) is 27.3. The van der Waals surface area contributed by atoms with Crippen LogP contribution in [-0.4, -0.2) is 70.5 Å². The largest absolute Gasteiger partial charge is 0.383 e. The highest BCUT2D eigenvalue weighted by Gasteiger charge is 2.27. The van der Waals surface area contributed by atoms with E-state index in [2.05, 4.69) is 53.6 Å². The number of likely N-dealkylation sites (tertiary alicyclic amines) is 1. The van der Waals surface area contributed by atoms with Gasteiger partial charge in [-0.3, -0.25) is 4.99 Å². The van der Waals surface area contributed by atoms with Crippen molar-refractivity contribution in [1.82, 2.24) is 15.5 Å². The molecule has 32 heavy (non-hydrogen) atoms. The lowest BCUT2D eigenvalue weighted by Gasteiger charge is -2.33. The van der Waals surface area contributed by atoms with Crippen LogP contribution in [0.25, 0.3) is 0 Å². The van der Waals surface area contributed by atoms with Crippen molar-refractivity contribution in [1.29, 1.82) is 0 Å². The summed E-state index contributed by atoms with van der Waals surface area (Å²) in [5.74, 6) is 2.08. The molecular weight excluding hydrogens is 515 g/mol. The second-order valence-corrected chi connectivity index (χ2v) is 8.98. The van der Waals surface area contributed by atoms with E-state index in [1.54, 1.807) is 7.11 Å². The van der Waals surface area contributed by atoms with E-state index in [1.165, 1.54) is 30.4 Å². The van der Waals surface area contributed by atoms with Crippen LogP contribution in [0.1, 0.15) is 49.8 Å². The number of ether oxygens (including phenoxy) is 2. The molecule has 2 aliphatic rings. The molecule has 2 heterocycles. The maximum Gasteiger partial charge on any atom is 0.191 e. The Labute approximate surface area is 211 Å². The van der Waals surface area contributed by atoms with Crippen LogP contribution in [0.4, 0.5) is 0 Å². The fourth-order valence-electron chi connectivity index (χ4n) is 4.58. The molecule has 0 spiro atoms. The second kappa shape index (κ2) is 15.1. The molecule has 1 aromatic carbocycles. The van der Waals surface area contributed by atoms with Crippen LogP contribution in [0.15, 0.2) is 29.3 Å². The highest BCUT2D eigenvalue weighted by molar-refractivity contribution is 14.0. The number of rotatable bonds is 9. The molecule has 2 saturated heterocycles. The Balaban J connectivity index is 0.00000363. The predicted octanol–water partition coefficient (Wildman–Crippen LogP) is 3.99. The van der Waals surface area contributed by atoms with E-state index in [1.807, 2.05) is 0 Å². The fourth-order valence-corrected chi connectivity index (χ4v) is 4.58. The Hall–Kier alpha value is -0.900. The zero-order chi connectivity index (χ0) is 21.9. The van der Waals surface area contributed by atoms with Gasteiger partial charge in [-0.2, -0.15) is 0 Å². The van der Waals surface area contributed by atoms with Crippen LogP contribution in [-0.2, 0) is 9.47 Å². The van der Waals surface area contributed by atoms with Gasteiger partial charge >= 0.3 is 0 Å². The second-order valence-electron chi connectivity index (χ2n) is 8.98. The van der Waals surface area contributed by atoms with Gasteiger partial charge in [0.15, 0.2) is 5.96 Å². The number of nitrogens with one attached hydrogen (secondary N) is 2. The first-order valence-corrected chi connectivity index (χ1v) is 12.1. The Morgan fingerprint density at radius 1 is 1.16 bits per heavy atom. The van der Waals surface area contributed by atoms with E-state index >= 15 is 0 Å². The lowest BCUT2D eigenvalue weighted by atomic mass is 9.89. The van der Waals surface area contributed by atoms with E-state index in [4.69, 9.17) is 14.5 Å². The number of hydrogen-bond donors (Lipinski definition) is 2. The Morgan fingerprint density at radius 2 is 1.91 bits per heavy atom. The molecule has 0 saturated carbocycles. The summed E-state index contributed by atoms with van der Waals surface area (Å²) in [6.07, 6.45) is 4.92. The van der Waals surface area contributed by atoms with Crippen molar-refractivity contribution < 1.29 is 9.47 Å². The molecule has 0 bridgehead atoms. The van der Waals surface area contributed by atoms with Crippen molar-refractivity contribution in [3.8, 4) is 0 Å². The van der Waals surface area contributed by atoms with E-state index in [0.29, 0.717) is 11.8 Å². The van der Waals surface area contributed by atoms with Crippen molar-refractivity contribution in [3.05, 3.63) is 35.4 Å². The first-order chi connectivity index (χ1) is 15.2. The van der Waals surface area contributed by atoms with E-state index in [0.717, 1.165) is 64.9 Å². The van der Waals surface area contributed by atoms with Gasteiger partial charge in [0.25, 0.3) is 0 Å². The summed E-state index contributed by atoms with van der Waals surface area (Å²) >= 11 is 0. The number of guanidine groups is 1. The molecule has 3 rings (SSSR count). The fraction of sp³-hybridized carbons (Fsp3) is 0.720. The minimum absolute atomic E-state index is 0. The number of benzene rings is 1. The first-order valence-electron chi connectivity index (χ1n) is 12.1. The minimum Gasteiger partial charge on any atom is -0.383 e. The van der Waals surface area contributed by atoms with E-state index in [-0.39, 0.29) is 30.1 Å². The zero-order valence-electron chi connectivity index (χ0n) is 20.1. The van der Waals surface area contributed by atoms with Gasteiger partial charge in [-0.1, -0.05) is 29.8 Å². The predicted molar refractivity (Wildman–Crippen MR) is 143 cm³/mol. The van der Waals surface area contributed by atoms with Gasteiger partial charge in [0.1, 0.15) is 0 Å². The topological polar surface area (TPSA) is 58.1 Å². The summed E-state index contributed by atoms with van der Waals surface area (Å²) in [5, 5.41) is 7.04. The van der Waals surface area contributed by atoms with E-state index in [9.17, 15) is 0 Å². The summed E-state index contributed by atoms with van der Waals surface area (Å²) in [6, 6.07) is 8.81. The van der Waals surface area contributed by atoms with Crippen LogP contribution in [0, 0.1) is 18.8 Å². The van der Waals surface area contributed by atoms with Crippen LogP contribution in [0.2, 0.25) is 0 Å². The van der Waals surface area contributed by atoms with Crippen molar-refractivity contribution in [2.75, 3.05) is 59.6 Å². The molecule has 0 aliphatic carbocycles. The van der Waals surface area contributed by atoms with Gasteiger partial charge in [-0.25, -0.2) is 0 Å². The quantitative estimate of drug-likeness (QED) is 0.273. The van der Waals surface area contributed by atoms with Gasteiger partial charge in [0.05, 0.1) is 12.7 Å². The molecule has 0 radical (unpaired) electrons. The van der Waals surface area contributed by atoms with Crippen molar-refractivity contribution in [2.45, 2.75) is 45.6 Å². The van der Waals surface area contributed by atoms with Gasteiger partial charge in [0, 0.05) is 45.8 Å². The van der Waals surface area contributed by atoms with Crippen molar-refractivity contribution in [2.24, 2.45) is 16.8 Å². The highest BCUT2D eigenvalue weighted by atomic mass is 127. The third-order valence-electron chi connectivity index (χ3n) is 6.55. The molecule has 6 nitrogen and oxygen atoms in total. The standard InChI is InChI=1S/C25H42N4O2.HI/c1-4-26-25(27-18-21-11-13-29(14-12-21)15-17-30-3)28-19-23-6-5-16-31-24(23)22-9-7-20(2)8-10-22;/h7-10,21,23-24H,4-6,11-19H2,1-3H3,(H2,26,27,28);1H. The summed E-state index contributed by atoms with van der Waals surface area (Å²) in [7, 11) is 1.78. The van der Waals surface area contributed by atoms with Gasteiger partial charge in [-0.05, 0) is 64.1 Å². The number of halogens is 1. The molecule has 2 N–H and O–H groups in total. The molecule has 0 amide bonds. The summed E-state index contributed by atoms with van der Waals surface area (Å²) in [4.78, 5) is 7.43. The van der Waals surface area contributed by atoms with Crippen molar-refractivity contribution in [3.63, 3.8) is 0 Å². The molecule has 2 aliphatic heterocycles. The lowest BCUT2D eigenvalue weighted by Crippen LogP contribution is -2.42. The van der Waals surface area contributed by atoms with Crippen LogP contribution < -0.4 is 10.6 Å². The molecule has 1 aromatic rings.